The Morgan fingerprint density at radius 2 is 2.45 bits per heavy atom. The maximum atomic E-state index is 12.2. The summed E-state index contributed by atoms with van der Waals surface area (Å²) in [7, 11) is 0. The molecule has 0 bridgehead atoms. The molecule has 5 nitrogen and oxygen atoms in total. The van der Waals surface area contributed by atoms with Crippen LogP contribution in [0.1, 0.15) is 6.42 Å². The molecule has 3 rings (SSSR count). The zero-order valence-corrected chi connectivity index (χ0v) is 11.9. The molecular formula is C13H9N3O2S2. The van der Waals surface area contributed by atoms with Crippen LogP contribution < -0.4 is 5.56 Å². The van der Waals surface area contributed by atoms with Gasteiger partial charge in [0.2, 0.25) is 0 Å². The lowest BCUT2D eigenvalue weighted by Gasteiger charge is -1.99. The minimum atomic E-state index is -0.179. The summed E-state index contributed by atoms with van der Waals surface area (Å²) in [6.45, 7) is 0. The standard InChI is InChI=1S/C13H9N3O2S2/c14-4-2-6-19-13-15-11(17)10-8(7-20-12(10)16-13)9-3-1-5-18-9/h1,3,5,7H,2,6H2,(H,15,16,17). The third-order valence-corrected chi connectivity index (χ3v) is 4.41. The second-order valence-electron chi connectivity index (χ2n) is 3.93. The summed E-state index contributed by atoms with van der Waals surface area (Å²) in [6.07, 6.45) is 2.00. The molecule has 3 aromatic rings. The molecule has 0 aliphatic carbocycles. The summed E-state index contributed by atoms with van der Waals surface area (Å²) in [5.74, 6) is 1.27. The van der Waals surface area contributed by atoms with Crippen LogP contribution in [-0.2, 0) is 0 Å². The highest BCUT2D eigenvalue weighted by atomic mass is 32.2. The average molecular weight is 303 g/mol. The number of rotatable bonds is 4. The number of hydrogen-bond donors (Lipinski definition) is 1. The Balaban J connectivity index is 2.03. The van der Waals surface area contributed by atoms with Crippen molar-refractivity contribution in [2.75, 3.05) is 5.75 Å². The van der Waals surface area contributed by atoms with Crippen molar-refractivity contribution in [2.24, 2.45) is 0 Å². The molecule has 0 amide bonds. The van der Waals surface area contributed by atoms with Crippen LogP contribution in [0.25, 0.3) is 21.5 Å². The highest BCUT2D eigenvalue weighted by molar-refractivity contribution is 7.99. The molecular weight excluding hydrogens is 294 g/mol. The molecule has 0 spiro atoms. The van der Waals surface area contributed by atoms with E-state index in [1.807, 2.05) is 11.4 Å². The molecule has 0 fully saturated rings. The number of nitrogens with one attached hydrogen (secondary N) is 1. The highest BCUT2D eigenvalue weighted by Gasteiger charge is 2.14. The van der Waals surface area contributed by atoms with Crippen LogP contribution >= 0.6 is 23.1 Å². The van der Waals surface area contributed by atoms with Crippen LogP contribution in [-0.4, -0.2) is 15.7 Å². The Kier molecular flexibility index (Phi) is 3.58. The third-order valence-electron chi connectivity index (χ3n) is 2.66. The molecule has 100 valence electrons. The van der Waals surface area contributed by atoms with Gasteiger partial charge >= 0.3 is 0 Å². The Morgan fingerprint density at radius 3 is 3.20 bits per heavy atom. The summed E-state index contributed by atoms with van der Waals surface area (Å²) < 4.78 is 5.34. The van der Waals surface area contributed by atoms with Gasteiger partial charge in [0, 0.05) is 23.1 Å². The van der Waals surface area contributed by atoms with E-state index in [0.717, 1.165) is 5.56 Å². The first kappa shape index (κ1) is 13.0. The van der Waals surface area contributed by atoms with E-state index < -0.39 is 0 Å². The van der Waals surface area contributed by atoms with Gasteiger partial charge in [-0.2, -0.15) is 5.26 Å². The zero-order chi connectivity index (χ0) is 13.9. The first-order chi connectivity index (χ1) is 9.79. The zero-order valence-electron chi connectivity index (χ0n) is 10.3. The number of hydrogen-bond acceptors (Lipinski definition) is 6. The van der Waals surface area contributed by atoms with Crippen LogP contribution in [0, 0.1) is 11.3 Å². The van der Waals surface area contributed by atoms with Crippen molar-refractivity contribution >= 4 is 33.3 Å². The minimum Gasteiger partial charge on any atom is -0.464 e. The number of thioether (sulfide) groups is 1. The van der Waals surface area contributed by atoms with E-state index in [0.29, 0.717) is 33.3 Å². The lowest BCUT2D eigenvalue weighted by atomic mass is 10.2. The third kappa shape index (κ3) is 2.35. The lowest BCUT2D eigenvalue weighted by Crippen LogP contribution is -2.08. The first-order valence-electron chi connectivity index (χ1n) is 5.84. The maximum absolute atomic E-state index is 12.2. The van der Waals surface area contributed by atoms with Crippen LogP contribution in [0.2, 0.25) is 0 Å². The molecule has 0 atom stereocenters. The quantitative estimate of drug-likeness (QED) is 0.454. The van der Waals surface area contributed by atoms with Crippen molar-refractivity contribution in [3.8, 4) is 17.4 Å². The normalized spacial score (nSPS) is 10.8. The number of aromatic nitrogens is 2. The Labute approximate surface area is 122 Å². The van der Waals surface area contributed by atoms with E-state index in [1.165, 1.54) is 23.1 Å². The summed E-state index contributed by atoms with van der Waals surface area (Å²) in [5.41, 5.74) is 0.583. The van der Waals surface area contributed by atoms with Crippen molar-refractivity contribution < 1.29 is 4.42 Å². The van der Waals surface area contributed by atoms with Crippen molar-refractivity contribution in [3.63, 3.8) is 0 Å². The highest BCUT2D eigenvalue weighted by Crippen LogP contribution is 2.31. The molecule has 1 N–H and O–H groups in total. The van der Waals surface area contributed by atoms with Gasteiger partial charge in [0.1, 0.15) is 10.6 Å². The molecule has 0 unspecified atom stereocenters. The predicted molar refractivity (Wildman–Crippen MR) is 78.9 cm³/mol. The van der Waals surface area contributed by atoms with Crippen LogP contribution in [0.5, 0.6) is 0 Å². The summed E-state index contributed by atoms with van der Waals surface area (Å²) in [6, 6.07) is 5.66. The Bertz CT molecular complexity index is 828. The SMILES string of the molecule is N#CCCSc1nc2scc(-c3ccco3)c2c(=O)[nH]1. The topological polar surface area (TPSA) is 82.7 Å². The Morgan fingerprint density at radius 1 is 1.55 bits per heavy atom. The minimum absolute atomic E-state index is 0.179. The second kappa shape index (κ2) is 5.53. The van der Waals surface area contributed by atoms with Gasteiger partial charge in [0.15, 0.2) is 5.16 Å². The number of nitriles is 1. The van der Waals surface area contributed by atoms with Crippen LogP contribution in [0.3, 0.4) is 0 Å². The molecule has 0 saturated heterocycles. The smallest absolute Gasteiger partial charge is 0.261 e. The fraction of sp³-hybridized carbons (Fsp3) is 0.154. The molecule has 20 heavy (non-hydrogen) atoms. The van der Waals surface area contributed by atoms with E-state index in [1.54, 1.807) is 12.3 Å². The number of aromatic amines is 1. The van der Waals surface area contributed by atoms with E-state index in [2.05, 4.69) is 16.0 Å². The van der Waals surface area contributed by atoms with Crippen molar-refractivity contribution in [1.29, 1.82) is 5.26 Å². The van der Waals surface area contributed by atoms with Crippen molar-refractivity contribution in [2.45, 2.75) is 11.6 Å². The molecule has 0 aliphatic rings. The van der Waals surface area contributed by atoms with Gasteiger partial charge in [0.25, 0.3) is 5.56 Å². The number of nitrogens with zero attached hydrogens (tertiary/aromatic N) is 2. The van der Waals surface area contributed by atoms with E-state index in [4.69, 9.17) is 9.68 Å². The number of thiophene rings is 1. The van der Waals surface area contributed by atoms with Gasteiger partial charge in [-0.15, -0.1) is 11.3 Å². The number of H-pyrrole nitrogens is 1. The van der Waals surface area contributed by atoms with Gasteiger partial charge in [-0.3, -0.25) is 4.79 Å². The maximum Gasteiger partial charge on any atom is 0.261 e. The predicted octanol–water partition coefficient (Wildman–Crippen LogP) is 3.25. The largest absolute Gasteiger partial charge is 0.464 e. The van der Waals surface area contributed by atoms with Gasteiger partial charge in [-0.05, 0) is 12.1 Å². The molecule has 0 aliphatic heterocycles. The summed E-state index contributed by atoms with van der Waals surface area (Å²) in [5, 5.41) is 11.5. The molecule has 3 heterocycles. The van der Waals surface area contributed by atoms with Crippen LogP contribution in [0.4, 0.5) is 0 Å². The summed E-state index contributed by atoms with van der Waals surface area (Å²) in [4.78, 5) is 20.0. The first-order valence-corrected chi connectivity index (χ1v) is 7.71. The fourth-order valence-corrected chi connectivity index (χ4v) is 3.50. The fourth-order valence-electron chi connectivity index (χ4n) is 1.80. The van der Waals surface area contributed by atoms with Gasteiger partial charge < -0.3 is 9.40 Å². The van der Waals surface area contributed by atoms with Gasteiger partial charge in [-0.25, -0.2) is 4.98 Å². The van der Waals surface area contributed by atoms with E-state index >= 15 is 0 Å². The lowest BCUT2D eigenvalue weighted by molar-refractivity contribution is 0.583. The number of furan rings is 1. The monoisotopic (exact) mass is 303 g/mol. The molecule has 3 aromatic heterocycles. The molecule has 0 radical (unpaired) electrons. The molecule has 0 saturated carbocycles. The van der Waals surface area contributed by atoms with Crippen molar-refractivity contribution in [1.82, 2.24) is 9.97 Å². The Hall–Kier alpha value is -2.04. The average Bonchev–Trinajstić information content (AvgIpc) is 3.07. The van der Waals surface area contributed by atoms with Crippen LogP contribution in [0.15, 0.2) is 38.1 Å². The van der Waals surface area contributed by atoms with Gasteiger partial charge in [-0.1, -0.05) is 11.8 Å². The molecule has 0 aromatic carbocycles. The second-order valence-corrected chi connectivity index (χ2v) is 5.88. The number of fused-ring (bicyclic) bond motifs is 1. The van der Waals surface area contributed by atoms with E-state index in [9.17, 15) is 4.79 Å². The van der Waals surface area contributed by atoms with E-state index in [-0.39, 0.29) is 5.56 Å². The molecule has 7 heteroatoms. The van der Waals surface area contributed by atoms with Crippen molar-refractivity contribution in [3.05, 3.63) is 34.1 Å². The van der Waals surface area contributed by atoms with Gasteiger partial charge in [0.05, 0.1) is 17.7 Å². The summed E-state index contributed by atoms with van der Waals surface area (Å²) >= 11 is 2.79.